The van der Waals surface area contributed by atoms with E-state index < -0.39 is 44.2 Å². The van der Waals surface area contributed by atoms with Crippen molar-refractivity contribution in [3.05, 3.63) is 88.3 Å². The van der Waals surface area contributed by atoms with E-state index in [0.717, 1.165) is 6.07 Å². The molecule has 1 amide bonds. The highest BCUT2D eigenvalue weighted by molar-refractivity contribution is 7.92. The molecule has 0 aliphatic heterocycles. The van der Waals surface area contributed by atoms with Gasteiger partial charge in [0, 0.05) is 11.3 Å². The number of fused-ring (bicyclic) bond motifs is 1. The molecule has 216 valence electrons. The second-order valence-corrected chi connectivity index (χ2v) is 10.9. The second-order valence-electron chi connectivity index (χ2n) is 8.48. The van der Waals surface area contributed by atoms with Gasteiger partial charge in [-0.25, -0.2) is 17.9 Å². The van der Waals surface area contributed by atoms with Crippen molar-refractivity contribution in [2.75, 3.05) is 17.1 Å². The summed E-state index contributed by atoms with van der Waals surface area (Å²) in [6.07, 6.45) is -4.87. The number of nitrogens with one attached hydrogen (secondary N) is 2. The highest BCUT2D eigenvalue weighted by atomic mass is 35.5. The van der Waals surface area contributed by atoms with Crippen molar-refractivity contribution in [3.8, 4) is 17.0 Å². The van der Waals surface area contributed by atoms with Crippen LogP contribution in [0, 0.1) is 0 Å². The molecule has 2 aromatic carbocycles. The molecule has 0 aliphatic carbocycles. The van der Waals surface area contributed by atoms with Gasteiger partial charge in [-0.05, 0) is 54.6 Å². The van der Waals surface area contributed by atoms with E-state index in [9.17, 15) is 26.4 Å². The summed E-state index contributed by atoms with van der Waals surface area (Å²) in [7, 11) is -2.65. The van der Waals surface area contributed by atoms with Crippen molar-refractivity contribution in [1.29, 1.82) is 0 Å². The largest absolute Gasteiger partial charge is 0.497 e. The van der Waals surface area contributed by atoms with Crippen LogP contribution in [-0.4, -0.2) is 46.2 Å². The van der Waals surface area contributed by atoms with Crippen molar-refractivity contribution >= 4 is 56.3 Å². The van der Waals surface area contributed by atoms with Gasteiger partial charge in [0.25, 0.3) is 15.9 Å². The van der Waals surface area contributed by atoms with Crippen LogP contribution in [0.1, 0.15) is 16.2 Å². The molecular weight excluding hydrogens is 622 g/mol. The zero-order chi connectivity index (χ0) is 30.2. The van der Waals surface area contributed by atoms with Crippen LogP contribution in [0.3, 0.4) is 0 Å². The molecule has 0 aliphatic rings. The number of aromatic nitrogens is 5. The molecule has 42 heavy (non-hydrogen) atoms. The molecule has 0 bridgehead atoms. The number of ether oxygens (including phenoxy) is 1. The van der Waals surface area contributed by atoms with Crippen molar-refractivity contribution in [3.63, 3.8) is 0 Å². The molecule has 0 atom stereocenters. The summed E-state index contributed by atoms with van der Waals surface area (Å²) < 4.78 is 75.1. The fraction of sp³-hybridized carbons (Fsp3) is 0.0800. The third-order valence-corrected chi connectivity index (χ3v) is 7.62. The Morgan fingerprint density at radius 3 is 2.38 bits per heavy atom. The molecule has 11 nitrogen and oxygen atoms in total. The molecule has 0 spiro atoms. The van der Waals surface area contributed by atoms with E-state index in [1.807, 2.05) is 0 Å². The first-order chi connectivity index (χ1) is 19.9. The van der Waals surface area contributed by atoms with Crippen LogP contribution in [0.5, 0.6) is 5.75 Å². The minimum Gasteiger partial charge on any atom is -0.497 e. The predicted octanol–water partition coefficient (Wildman–Crippen LogP) is 5.57. The summed E-state index contributed by atoms with van der Waals surface area (Å²) in [5.74, 6) is -0.623. The maximum absolute atomic E-state index is 14.0. The van der Waals surface area contributed by atoms with Crippen molar-refractivity contribution in [2.24, 2.45) is 0 Å². The van der Waals surface area contributed by atoms with E-state index in [-0.39, 0.29) is 27.2 Å². The number of amides is 1. The smallest absolute Gasteiger partial charge is 0.433 e. The van der Waals surface area contributed by atoms with Crippen LogP contribution in [0.2, 0.25) is 10.2 Å². The highest BCUT2D eigenvalue weighted by Gasteiger charge is 2.37. The van der Waals surface area contributed by atoms with E-state index in [1.54, 1.807) is 18.2 Å². The Morgan fingerprint density at radius 1 is 1.00 bits per heavy atom. The van der Waals surface area contributed by atoms with Crippen molar-refractivity contribution in [1.82, 2.24) is 24.8 Å². The molecule has 5 rings (SSSR count). The number of alkyl halides is 3. The molecule has 0 fully saturated rings. The zero-order valence-corrected chi connectivity index (χ0v) is 23.3. The number of anilines is 2. The molecule has 0 saturated carbocycles. The van der Waals surface area contributed by atoms with Gasteiger partial charge in [-0.3, -0.25) is 9.52 Å². The number of hydrogen-bond donors (Lipinski definition) is 2. The first kappa shape index (κ1) is 29.0. The molecule has 17 heteroatoms. The summed E-state index contributed by atoms with van der Waals surface area (Å²) in [5, 5.41) is 13.1. The third-order valence-electron chi connectivity index (χ3n) is 5.70. The average molecular weight is 638 g/mol. The number of benzene rings is 2. The SMILES string of the molecule is COc1cccc(-c2cc(C(F)(F)F)n3nc(C(=O)Nc4ccc(S(=O)(=O)Nc5ccc(Cl)nn5)cc4)c(Cl)c3n2)c1. The number of hydrogen-bond acceptors (Lipinski definition) is 8. The van der Waals surface area contributed by atoms with Gasteiger partial charge in [-0.1, -0.05) is 35.3 Å². The maximum atomic E-state index is 14.0. The Morgan fingerprint density at radius 2 is 1.74 bits per heavy atom. The Kier molecular flexibility index (Phi) is 7.66. The van der Waals surface area contributed by atoms with Crippen LogP contribution >= 0.6 is 23.2 Å². The van der Waals surface area contributed by atoms with Crippen LogP contribution < -0.4 is 14.8 Å². The molecule has 0 saturated heterocycles. The lowest BCUT2D eigenvalue weighted by Crippen LogP contribution is -2.16. The summed E-state index contributed by atoms with van der Waals surface area (Å²) in [6.45, 7) is 0. The summed E-state index contributed by atoms with van der Waals surface area (Å²) >= 11 is 12.0. The van der Waals surface area contributed by atoms with E-state index in [2.05, 4.69) is 30.3 Å². The number of halogens is 5. The molecule has 3 heterocycles. The van der Waals surface area contributed by atoms with E-state index in [4.69, 9.17) is 27.9 Å². The van der Waals surface area contributed by atoms with Gasteiger partial charge in [0.05, 0.1) is 17.7 Å². The second kappa shape index (κ2) is 11.1. The van der Waals surface area contributed by atoms with Crippen LogP contribution in [0.25, 0.3) is 16.9 Å². The monoisotopic (exact) mass is 637 g/mol. The molecule has 0 unspecified atom stereocenters. The fourth-order valence-corrected chi connectivity index (χ4v) is 5.09. The van der Waals surface area contributed by atoms with Gasteiger partial charge in [-0.15, -0.1) is 10.2 Å². The van der Waals surface area contributed by atoms with Crippen LogP contribution in [-0.2, 0) is 16.2 Å². The van der Waals surface area contributed by atoms with Crippen LogP contribution in [0.4, 0.5) is 24.7 Å². The fourth-order valence-electron chi connectivity index (χ4n) is 3.74. The lowest BCUT2D eigenvalue weighted by atomic mass is 10.1. The van der Waals surface area contributed by atoms with Gasteiger partial charge in [0.1, 0.15) is 10.8 Å². The summed E-state index contributed by atoms with van der Waals surface area (Å²) in [6, 6.07) is 14.6. The van der Waals surface area contributed by atoms with Gasteiger partial charge < -0.3 is 10.1 Å². The maximum Gasteiger partial charge on any atom is 0.433 e. The third kappa shape index (κ3) is 5.93. The minimum atomic E-state index is -4.87. The lowest BCUT2D eigenvalue weighted by molar-refractivity contribution is -0.142. The first-order valence-electron chi connectivity index (χ1n) is 11.6. The summed E-state index contributed by atoms with van der Waals surface area (Å²) in [4.78, 5) is 17.1. The molecule has 3 aromatic heterocycles. The lowest BCUT2D eigenvalue weighted by Gasteiger charge is -2.11. The van der Waals surface area contributed by atoms with E-state index >= 15 is 0 Å². The topological polar surface area (TPSA) is 140 Å². The number of nitrogens with zero attached hydrogens (tertiary/aromatic N) is 5. The Hall–Kier alpha value is -4.47. The number of sulfonamides is 1. The predicted molar refractivity (Wildman–Crippen MR) is 147 cm³/mol. The Balaban J connectivity index is 1.44. The van der Waals surface area contributed by atoms with Gasteiger partial charge in [0.15, 0.2) is 28.0 Å². The van der Waals surface area contributed by atoms with Crippen molar-refractivity contribution in [2.45, 2.75) is 11.1 Å². The van der Waals surface area contributed by atoms with E-state index in [0.29, 0.717) is 15.8 Å². The number of methoxy groups -OCH3 is 1. The Labute approximate surface area is 245 Å². The van der Waals surface area contributed by atoms with Gasteiger partial charge in [0.2, 0.25) is 0 Å². The first-order valence-corrected chi connectivity index (χ1v) is 13.8. The van der Waals surface area contributed by atoms with Crippen LogP contribution in [0.15, 0.2) is 71.6 Å². The molecule has 5 aromatic rings. The number of rotatable bonds is 7. The van der Waals surface area contributed by atoms with E-state index in [1.165, 1.54) is 49.6 Å². The number of carbonyl (C=O) groups is 1. The van der Waals surface area contributed by atoms with Gasteiger partial charge >= 0.3 is 6.18 Å². The van der Waals surface area contributed by atoms with Gasteiger partial charge in [-0.2, -0.15) is 18.3 Å². The highest BCUT2D eigenvalue weighted by Crippen LogP contribution is 2.35. The average Bonchev–Trinajstić information content (AvgIpc) is 3.29. The molecule has 2 N–H and O–H groups in total. The zero-order valence-electron chi connectivity index (χ0n) is 21.0. The standard InChI is InChI=1S/C25H16Cl2F3N7O4S/c1-41-15-4-2-3-13(11-15)17-12-18(25(28,29)30)37-23(32-17)21(27)22(35-37)24(38)31-14-5-7-16(8-6-14)42(39,40)36-20-10-9-19(26)33-34-20/h2-12H,1H3,(H,31,38)(H,34,36). The minimum absolute atomic E-state index is 0.0698. The number of carbonyl (C=O) groups excluding carboxylic acids is 1. The normalized spacial score (nSPS) is 11.9. The molecular formula is C25H16Cl2F3N7O4S. The molecule has 0 radical (unpaired) electrons. The van der Waals surface area contributed by atoms with Crippen molar-refractivity contribution < 1.29 is 31.1 Å². The Bertz CT molecular complexity index is 1920. The summed E-state index contributed by atoms with van der Waals surface area (Å²) in [5.41, 5.74) is -1.78. The quantitative estimate of drug-likeness (QED) is 0.236.